The van der Waals surface area contributed by atoms with E-state index in [1.807, 2.05) is 84.0 Å². The van der Waals surface area contributed by atoms with Crippen LogP contribution in [-0.2, 0) is 22.6 Å². The van der Waals surface area contributed by atoms with Crippen molar-refractivity contribution < 1.29 is 24.2 Å². The van der Waals surface area contributed by atoms with Crippen molar-refractivity contribution in [3.05, 3.63) is 101 Å². The first-order chi connectivity index (χ1) is 25.6. The van der Waals surface area contributed by atoms with E-state index in [2.05, 4.69) is 78.8 Å². The van der Waals surface area contributed by atoms with Crippen LogP contribution in [0.5, 0.6) is 0 Å². The highest BCUT2D eigenvalue weighted by atomic mass is 79.9. The van der Waals surface area contributed by atoms with Gasteiger partial charge in [0.05, 0.1) is 12.7 Å². The summed E-state index contributed by atoms with van der Waals surface area (Å²) in [5.74, 6) is 0.950. The third kappa shape index (κ3) is 11.4. The van der Waals surface area contributed by atoms with Crippen LogP contribution in [0.2, 0.25) is 0 Å². The van der Waals surface area contributed by atoms with Gasteiger partial charge in [-0.05, 0) is 132 Å². The van der Waals surface area contributed by atoms with Gasteiger partial charge in [0.1, 0.15) is 17.2 Å². The summed E-state index contributed by atoms with van der Waals surface area (Å²) < 4.78 is 12.4. The number of likely N-dealkylation sites (tertiary alicyclic amines) is 1. The van der Waals surface area contributed by atoms with E-state index >= 15 is 0 Å². The number of ether oxygens (including phenoxy) is 2. The van der Waals surface area contributed by atoms with Crippen LogP contribution in [0.4, 0.5) is 26.9 Å². The first-order valence-electron chi connectivity index (χ1n) is 18.1. The van der Waals surface area contributed by atoms with E-state index in [1.54, 1.807) is 12.4 Å². The number of nitrogens with one attached hydrogen (secondary N) is 2. The van der Waals surface area contributed by atoms with E-state index in [0.29, 0.717) is 24.3 Å². The van der Waals surface area contributed by atoms with Crippen LogP contribution in [0, 0.1) is 0 Å². The molecule has 6 rings (SSSR count). The van der Waals surface area contributed by atoms with Crippen LogP contribution in [0.1, 0.15) is 65.5 Å². The van der Waals surface area contributed by atoms with Gasteiger partial charge in [0, 0.05) is 58.5 Å². The predicted molar refractivity (Wildman–Crippen MR) is 220 cm³/mol. The second kappa shape index (κ2) is 17.6. The highest BCUT2D eigenvalue weighted by molar-refractivity contribution is 9.10. The monoisotopic (exact) mass is 798 g/mol. The quantitative estimate of drug-likeness (QED) is 0.140. The number of hydrogen-bond acceptors (Lipinski definition) is 8. The van der Waals surface area contributed by atoms with Gasteiger partial charge >= 0.3 is 12.2 Å². The van der Waals surface area contributed by atoms with Gasteiger partial charge in [-0.1, -0.05) is 40.2 Å². The fourth-order valence-electron chi connectivity index (χ4n) is 6.12. The van der Waals surface area contributed by atoms with Gasteiger partial charge in [0.25, 0.3) is 0 Å². The number of carbonyl (C=O) groups excluding carboxylic acids is 1. The van der Waals surface area contributed by atoms with Crippen molar-refractivity contribution in [2.75, 3.05) is 35.7 Å². The summed E-state index contributed by atoms with van der Waals surface area (Å²) in [4.78, 5) is 35.9. The summed E-state index contributed by atoms with van der Waals surface area (Å²) in [6, 6.07) is 24.1. The summed E-state index contributed by atoms with van der Waals surface area (Å²) in [7, 11) is 2.17. The number of hydrogen-bond donors (Lipinski definition) is 3. The molecule has 0 aliphatic carbocycles. The van der Waals surface area contributed by atoms with Crippen molar-refractivity contribution in [1.82, 2.24) is 14.9 Å². The zero-order valence-electron chi connectivity index (χ0n) is 32.1. The maximum absolute atomic E-state index is 12.2. The Bertz CT molecular complexity index is 2050. The SMILES string of the molecule is CC(C)(C)N(C(=O)O)c1nccc2cc(Br)ccc12.CN1CCC(OCc2ccc(CNc3ccc4c(NC(=O)OC(C)(C)C)nccc4c3)cc2)CC1. The molecule has 0 bridgehead atoms. The number of anilines is 3. The van der Waals surface area contributed by atoms with Crippen molar-refractivity contribution in [2.45, 2.75) is 84.8 Å². The molecule has 1 aliphatic rings. The van der Waals surface area contributed by atoms with Gasteiger partial charge in [-0.2, -0.15) is 0 Å². The van der Waals surface area contributed by atoms with E-state index in [4.69, 9.17) is 9.47 Å². The van der Waals surface area contributed by atoms with Gasteiger partial charge in [0.15, 0.2) is 0 Å². The number of nitrogens with zero attached hydrogens (tertiary/aromatic N) is 4. The van der Waals surface area contributed by atoms with E-state index in [1.165, 1.54) is 16.0 Å². The lowest BCUT2D eigenvalue weighted by Crippen LogP contribution is -2.45. The number of rotatable bonds is 8. The summed E-state index contributed by atoms with van der Waals surface area (Å²) >= 11 is 3.41. The van der Waals surface area contributed by atoms with Crippen LogP contribution in [0.25, 0.3) is 21.5 Å². The Morgan fingerprint density at radius 3 is 2.15 bits per heavy atom. The van der Waals surface area contributed by atoms with Crippen molar-refractivity contribution in [3.63, 3.8) is 0 Å². The molecule has 11 nitrogen and oxygen atoms in total. The molecule has 0 spiro atoms. The van der Waals surface area contributed by atoms with Gasteiger partial charge in [0.2, 0.25) is 0 Å². The molecule has 2 aromatic heterocycles. The second-order valence-corrected chi connectivity index (χ2v) is 16.4. The Kier molecular flexibility index (Phi) is 13.1. The molecule has 286 valence electrons. The summed E-state index contributed by atoms with van der Waals surface area (Å²) in [5.41, 5.74) is 2.29. The molecule has 3 heterocycles. The molecule has 0 saturated carbocycles. The second-order valence-electron chi connectivity index (χ2n) is 15.5. The van der Waals surface area contributed by atoms with Crippen LogP contribution < -0.4 is 15.5 Å². The standard InChI is InChI=1S/C28H36N4O3.C14H15BrN2O2/c1-28(2,3)35-27(33)31-26-25-10-9-23(17-22(25)11-14-29-26)30-18-20-5-7-21(8-6-20)19-34-24-12-15-32(4)16-13-24;1-14(2,3)17(13(18)19)12-11-5-4-10(15)8-9(11)6-7-16-12/h5-11,14,17,24,30H,12-13,15-16,18-19H2,1-4H3,(H,29,31,33);4-8H,1-3H3,(H,18,19). The van der Waals surface area contributed by atoms with Gasteiger partial charge in [-0.25, -0.2) is 19.6 Å². The molecule has 54 heavy (non-hydrogen) atoms. The number of piperidine rings is 1. The number of benzene rings is 3. The predicted octanol–water partition coefficient (Wildman–Crippen LogP) is 10.1. The van der Waals surface area contributed by atoms with Crippen molar-refractivity contribution in [3.8, 4) is 0 Å². The molecule has 3 N–H and O–H groups in total. The Morgan fingerprint density at radius 1 is 0.870 bits per heavy atom. The van der Waals surface area contributed by atoms with Crippen LogP contribution in [0.15, 0.2) is 89.7 Å². The van der Waals surface area contributed by atoms with E-state index < -0.39 is 23.3 Å². The Hall–Kier alpha value is -4.78. The Balaban J connectivity index is 0.000000249. The Morgan fingerprint density at radius 2 is 1.50 bits per heavy atom. The fraction of sp³-hybridized carbons (Fsp3) is 0.381. The molecule has 0 unspecified atom stereocenters. The normalized spacial score (nSPS) is 13.9. The van der Waals surface area contributed by atoms with Gasteiger partial charge < -0.3 is 24.8 Å². The largest absolute Gasteiger partial charge is 0.465 e. The third-order valence-corrected chi connectivity index (χ3v) is 9.33. The summed E-state index contributed by atoms with van der Waals surface area (Å²) in [6.07, 6.45) is 4.39. The zero-order valence-corrected chi connectivity index (χ0v) is 33.7. The van der Waals surface area contributed by atoms with Crippen molar-refractivity contribution >= 4 is 67.0 Å². The molecule has 0 atom stereocenters. The highest BCUT2D eigenvalue weighted by Crippen LogP contribution is 2.31. The van der Waals surface area contributed by atoms with Crippen molar-refractivity contribution in [1.29, 1.82) is 0 Å². The van der Waals surface area contributed by atoms with Crippen LogP contribution in [0.3, 0.4) is 0 Å². The maximum atomic E-state index is 12.2. The molecule has 2 amide bonds. The minimum Gasteiger partial charge on any atom is -0.465 e. The molecule has 1 aliphatic heterocycles. The number of carbonyl (C=O) groups is 2. The number of halogens is 1. The van der Waals surface area contributed by atoms with Crippen LogP contribution >= 0.6 is 15.9 Å². The number of aromatic nitrogens is 2. The van der Waals surface area contributed by atoms with Gasteiger partial charge in [-0.15, -0.1) is 0 Å². The first kappa shape index (κ1) is 40.4. The number of carboxylic acid groups (broad SMARTS) is 1. The average molecular weight is 800 g/mol. The molecule has 0 radical (unpaired) electrons. The molecule has 12 heteroatoms. The van der Waals surface area contributed by atoms with Gasteiger partial charge in [-0.3, -0.25) is 10.2 Å². The third-order valence-electron chi connectivity index (χ3n) is 8.83. The van der Waals surface area contributed by atoms with Crippen LogP contribution in [-0.4, -0.2) is 69.5 Å². The zero-order chi connectivity index (χ0) is 39.0. The smallest absolute Gasteiger partial charge is 0.413 e. The average Bonchev–Trinajstić information content (AvgIpc) is 3.10. The Labute approximate surface area is 326 Å². The lowest BCUT2D eigenvalue weighted by atomic mass is 10.0. The highest BCUT2D eigenvalue weighted by Gasteiger charge is 2.30. The number of pyridine rings is 2. The summed E-state index contributed by atoms with van der Waals surface area (Å²) in [5, 5.41) is 19.3. The minimum absolute atomic E-state index is 0.371. The molecule has 1 fully saturated rings. The maximum Gasteiger partial charge on any atom is 0.413 e. The van der Waals surface area contributed by atoms with E-state index in [-0.39, 0.29) is 0 Å². The van der Waals surface area contributed by atoms with E-state index in [9.17, 15) is 14.7 Å². The lowest BCUT2D eigenvalue weighted by molar-refractivity contribution is 0.00213. The minimum atomic E-state index is -1.00. The molecule has 5 aromatic rings. The van der Waals surface area contributed by atoms with Crippen molar-refractivity contribution in [2.24, 2.45) is 0 Å². The summed E-state index contributed by atoms with van der Waals surface area (Å²) in [6.45, 7) is 14.7. The first-order valence-corrected chi connectivity index (χ1v) is 18.9. The molecular weight excluding hydrogens is 748 g/mol. The van der Waals surface area contributed by atoms with E-state index in [0.717, 1.165) is 64.2 Å². The molecular formula is C42H51BrN6O5. The number of amides is 2. The number of fused-ring (bicyclic) bond motifs is 2. The molecule has 3 aromatic carbocycles. The lowest BCUT2D eigenvalue weighted by Gasteiger charge is -2.32. The fourth-order valence-corrected chi connectivity index (χ4v) is 6.50. The topological polar surface area (TPSA) is 129 Å². The molecule has 1 saturated heterocycles.